The quantitative estimate of drug-likeness (QED) is 0.670. The van der Waals surface area contributed by atoms with Crippen molar-refractivity contribution in [2.24, 2.45) is 4.99 Å². The third kappa shape index (κ3) is 2.85. The van der Waals surface area contributed by atoms with E-state index in [1.807, 2.05) is 0 Å². The summed E-state index contributed by atoms with van der Waals surface area (Å²) in [7, 11) is 1.49. The van der Waals surface area contributed by atoms with Gasteiger partial charge in [0.2, 0.25) is 0 Å². The number of rotatable bonds is 3. The van der Waals surface area contributed by atoms with Crippen molar-refractivity contribution in [2.75, 3.05) is 12.8 Å². The van der Waals surface area contributed by atoms with Gasteiger partial charge in [0.15, 0.2) is 11.6 Å². The van der Waals surface area contributed by atoms with Gasteiger partial charge in [-0.1, -0.05) is 0 Å². The maximum atomic E-state index is 13.5. The average molecular weight is 278 g/mol. The molecule has 2 aromatic rings. The molecular formula is C14H12F2N2O2. The zero-order chi connectivity index (χ0) is 14.7. The van der Waals surface area contributed by atoms with Gasteiger partial charge in [-0.05, 0) is 18.2 Å². The van der Waals surface area contributed by atoms with Gasteiger partial charge in [0.05, 0.1) is 7.11 Å². The molecule has 0 radical (unpaired) electrons. The van der Waals surface area contributed by atoms with Gasteiger partial charge in [0.25, 0.3) is 0 Å². The number of anilines is 1. The number of methoxy groups -OCH3 is 1. The first-order valence-electron chi connectivity index (χ1n) is 5.67. The van der Waals surface area contributed by atoms with Crippen LogP contribution in [0.2, 0.25) is 0 Å². The van der Waals surface area contributed by atoms with Gasteiger partial charge < -0.3 is 15.6 Å². The van der Waals surface area contributed by atoms with E-state index < -0.39 is 23.1 Å². The van der Waals surface area contributed by atoms with Gasteiger partial charge in [-0.2, -0.15) is 0 Å². The maximum absolute atomic E-state index is 13.5. The van der Waals surface area contributed by atoms with Gasteiger partial charge in [0, 0.05) is 29.6 Å². The fraction of sp³-hybridized carbons (Fsp3) is 0.0714. The minimum atomic E-state index is -0.958. The Labute approximate surface area is 114 Å². The summed E-state index contributed by atoms with van der Waals surface area (Å²) in [6.07, 6.45) is 1.23. The summed E-state index contributed by atoms with van der Waals surface area (Å²) in [5.41, 5.74) is 6.10. The van der Waals surface area contributed by atoms with Gasteiger partial charge in [-0.15, -0.1) is 0 Å². The molecule has 3 N–H and O–H groups in total. The van der Waals surface area contributed by atoms with Gasteiger partial charge >= 0.3 is 0 Å². The lowest BCUT2D eigenvalue weighted by atomic mass is 10.2. The lowest BCUT2D eigenvalue weighted by molar-refractivity contribution is 0.415. The predicted octanol–water partition coefficient (Wildman–Crippen LogP) is 3.01. The van der Waals surface area contributed by atoms with Crippen molar-refractivity contribution < 1.29 is 18.6 Å². The van der Waals surface area contributed by atoms with E-state index in [-0.39, 0.29) is 0 Å². The Balaban J connectivity index is 2.39. The molecule has 104 valence electrons. The molecule has 0 saturated carbocycles. The highest BCUT2D eigenvalue weighted by molar-refractivity contribution is 5.89. The number of nitrogen functional groups attached to an aromatic ring is 1. The average Bonchev–Trinajstić information content (AvgIpc) is 2.39. The Morgan fingerprint density at radius 1 is 1.20 bits per heavy atom. The predicted molar refractivity (Wildman–Crippen MR) is 72.7 cm³/mol. The zero-order valence-corrected chi connectivity index (χ0v) is 10.6. The van der Waals surface area contributed by atoms with E-state index in [4.69, 9.17) is 15.6 Å². The Kier molecular flexibility index (Phi) is 3.84. The van der Waals surface area contributed by atoms with E-state index in [1.54, 1.807) is 18.2 Å². The molecule has 0 aliphatic rings. The first-order valence-corrected chi connectivity index (χ1v) is 5.67. The highest BCUT2D eigenvalue weighted by Crippen LogP contribution is 2.27. The van der Waals surface area contributed by atoms with Crippen molar-refractivity contribution >= 4 is 17.6 Å². The van der Waals surface area contributed by atoms with Crippen molar-refractivity contribution in [3.8, 4) is 11.5 Å². The fourth-order valence-corrected chi connectivity index (χ4v) is 1.60. The van der Waals surface area contributed by atoms with Gasteiger partial charge in [-0.25, -0.2) is 13.8 Å². The second-order valence-corrected chi connectivity index (χ2v) is 4.01. The fourth-order valence-electron chi connectivity index (χ4n) is 1.60. The number of benzene rings is 2. The summed E-state index contributed by atoms with van der Waals surface area (Å²) < 4.78 is 32.0. The van der Waals surface area contributed by atoms with Gasteiger partial charge in [-0.3, -0.25) is 0 Å². The Morgan fingerprint density at radius 2 is 1.85 bits per heavy atom. The van der Waals surface area contributed by atoms with Crippen molar-refractivity contribution in [3.05, 3.63) is 47.5 Å². The van der Waals surface area contributed by atoms with Gasteiger partial charge in [0.1, 0.15) is 17.2 Å². The molecule has 4 nitrogen and oxygen atoms in total. The van der Waals surface area contributed by atoms with Crippen LogP contribution in [0.1, 0.15) is 5.56 Å². The highest BCUT2D eigenvalue weighted by Gasteiger charge is 2.09. The van der Waals surface area contributed by atoms with Crippen molar-refractivity contribution in [1.29, 1.82) is 0 Å². The number of hydrogen-bond donors (Lipinski definition) is 2. The van der Waals surface area contributed by atoms with Crippen LogP contribution in [0.5, 0.6) is 11.5 Å². The molecule has 0 aliphatic carbocycles. The summed E-state index contributed by atoms with van der Waals surface area (Å²) in [6, 6.07) is 6.42. The molecule has 6 heteroatoms. The van der Waals surface area contributed by atoms with Crippen LogP contribution in [0.15, 0.2) is 35.3 Å². The Bertz CT molecular complexity index is 649. The molecule has 0 aliphatic heterocycles. The number of hydrogen-bond acceptors (Lipinski definition) is 4. The molecule has 0 fully saturated rings. The molecule has 0 unspecified atom stereocenters. The van der Waals surface area contributed by atoms with Crippen LogP contribution in [0.25, 0.3) is 0 Å². The topological polar surface area (TPSA) is 67.8 Å². The van der Waals surface area contributed by atoms with Crippen molar-refractivity contribution in [1.82, 2.24) is 0 Å². The number of phenols is 1. The molecule has 0 bridgehead atoms. The molecule has 0 saturated heterocycles. The molecule has 2 rings (SSSR count). The monoisotopic (exact) mass is 278 g/mol. The van der Waals surface area contributed by atoms with E-state index >= 15 is 0 Å². The van der Waals surface area contributed by atoms with Crippen LogP contribution < -0.4 is 10.5 Å². The summed E-state index contributed by atoms with van der Waals surface area (Å²) in [5.74, 6) is -1.87. The largest absolute Gasteiger partial charge is 0.508 e. The Morgan fingerprint density at radius 3 is 2.45 bits per heavy atom. The zero-order valence-electron chi connectivity index (χ0n) is 10.6. The van der Waals surface area contributed by atoms with Crippen LogP contribution in [0, 0.1) is 11.6 Å². The molecule has 0 atom stereocenters. The molecular weight excluding hydrogens is 266 g/mol. The summed E-state index contributed by atoms with van der Waals surface area (Å²) in [4.78, 5) is 3.73. The molecule has 20 heavy (non-hydrogen) atoms. The van der Waals surface area contributed by atoms with E-state index in [2.05, 4.69) is 4.99 Å². The number of nitrogens with zero attached hydrogens (tertiary/aromatic N) is 1. The Hall–Kier alpha value is -2.63. The SMILES string of the molecule is COc1ccc(N)c(C=Nc2c(F)cc(O)cc2F)c1. The number of nitrogens with two attached hydrogens (primary N) is 1. The molecule has 0 heterocycles. The first-order chi connectivity index (χ1) is 9.51. The second kappa shape index (κ2) is 5.56. The standard InChI is InChI=1S/C14H12F2N2O2/c1-20-10-2-3-13(17)8(4-10)7-18-14-11(15)5-9(19)6-12(14)16/h2-7,19H,17H2,1H3. The minimum absolute atomic E-state index is 0.397. The third-order valence-electron chi connectivity index (χ3n) is 2.63. The van der Waals surface area contributed by atoms with Crippen molar-refractivity contribution in [3.63, 3.8) is 0 Å². The molecule has 0 spiro atoms. The van der Waals surface area contributed by atoms with Crippen LogP contribution in [0.3, 0.4) is 0 Å². The summed E-state index contributed by atoms with van der Waals surface area (Å²) >= 11 is 0. The number of aromatic hydroxyl groups is 1. The summed E-state index contributed by atoms with van der Waals surface area (Å²) in [5, 5.41) is 9.05. The van der Waals surface area contributed by atoms with Crippen LogP contribution in [-0.2, 0) is 0 Å². The third-order valence-corrected chi connectivity index (χ3v) is 2.63. The number of aliphatic imine (C=N–C) groups is 1. The van der Waals surface area contributed by atoms with Crippen LogP contribution in [0.4, 0.5) is 20.2 Å². The van der Waals surface area contributed by atoms with E-state index in [0.717, 1.165) is 12.1 Å². The highest BCUT2D eigenvalue weighted by atomic mass is 19.1. The van der Waals surface area contributed by atoms with Crippen LogP contribution >= 0.6 is 0 Å². The van der Waals surface area contributed by atoms with Crippen molar-refractivity contribution in [2.45, 2.75) is 0 Å². The summed E-state index contributed by atoms with van der Waals surface area (Å²) in [6.45, 7) is 0. The smallest absolute Gasteiger partial charge is 0.155 e. The lowest BCUT2D eigenvalue weighted by Gasteiger charge is -2.04. The molecule has 0 amide bonds. The van der Waals surface area contributed by atoms with E-state index in [1.165, 1.54) is 13.3 Å². The molecule has 2 aromatic carbocycles. The first kappa shape index (κ1) is 13.8. The maximum Gasteiger partial charge on any atom is 0.155 e. The normalized spacial score (nSPS) is 10.9. The van der Waals surface area contributed by atoms with E-state index in [9.17, 15) is 8.78 Å². The number of phenolic OH excluding ortho intramolecular Hbond substituents is 1. The lowest BCUT2D eigenvalue weighted by Crippen LogP contribution is -1.94. The number of ether oxygens (including phenoxy) is 1. The minimum Gasteiger partial charge on any atom is -0.508 e. The second-order valence-electron chi connectivity index (χ2n) is 4.01. The van der Waals surface area contributed by atoms with Crippen LogP contribution in [-0.4, -0.2) is 18.4 Å². The van der Waals surface area contributed by atoms with E-state index in [0.29, 0.717) is 17.0 Å². The molecule has 0 aromatic heterocycles. The number of halogens is 2.